The lowest BCUT2D eigenvalue weighted by Crippen LogP contribution is -1.92. The topological polar surface area (TPSA) is 64.7 Å². The van der Waals surface area contributed by atoms with Gasteiger partial charge < -0.3 is 5.73 Å². The maximum Gasteiger partial charge on any atom is 0.181 e. The molecule has 70 valence electrons. The Balaban J connectivity index is 2.48. The summed E-state index contributed by atoms with van der Waals surface area (Å²) in [6.45, 7) is 0. The molecule has 4 nitrogen and oxygen atoms in total. The molecule has 0 bridgehead atoms. The Morgan fingerprint density at radius 2 is 2.07 bits per heavy atom. The van der Waals surface area contributed by atoms with Crippen LogP contribution in [0.25, 0.3) is 11.4 Å². The predicted octanol–water partition coefficient (Wildman–Crippen LogP) is 1.77. The summed E-state index contributed by atoms with van der Waals surface area (Å²) in [5.74, 6) is 0.538. The molecule has 1 heterocycles. The number of hydrogen-bond donors (Lipinski definition) is 1. The van der Waals surface area contributed by atoms with Crippen LogP contribution in [-0.2, 0) is 0 Å². The van der Waals surface area contributed by atoms with Gasteiger partial charge in [-0.1, -0.05) is 11.6 Å². The van der Waals surface area contributed by atoms with E-state index in [2.05, 4.69) is 15.2 Å². The van der Waals surface area contributed by atoms with Crippen LogP contribution in [0.15, 0.2) is 30.6 Å². The molecule has 0 saturated heterocycles. The van der Waals surface area contributed by atoms with Gasteiger partial charge in [-0.25, -0.2) is 4.98 Å². The number of nitrogen functional groups attached to an aromatic ring is 1. The van der Waals surface area contributed by atoms with Crippen molar-refractivity contribution in [2.45, 2.75) is 0 Å². The third-order valence-electron chi connectivity index (χ3n) is 1.74. The highest BCUT2D eigenvalue weighted by Crippen LogP contribution is 2.23. The van der Waals surface area contributed by atoms with Gasteiger partial charge in [0.1, 0.15) is 0 Å². The van der Waals surface area contributed by atoms with Crippen molar-refractivity contribution in [1.29, 1.82) is 0 Å². The molecule has 0 saturated carbocycles. The molecule has 14 heavy (non-hydrogen) atoms. The SMILES string of the molecule is Nc1cc(-c2nccnn2)ccc1Cl. The lowest BCUT2D eigenvalue weighted by atomic mass is 10.2. The number of aromatic nitrogens is 3. The Morgan fingerprint density at radius 1 is 1.21 bits per heavy atom. The van der Waals surface area contributed by atoms with Crippen LogP contribution in [0.3, 0.4) is 0 Å². The summed E-state index contributed by atoms with van der Waals surface area (Å²) in [6.07, 6.45) is 3.09. The first-order valence-electron chi connectivity index (χ1n) is 3.96. The zero-order chi connectivity index (χ0) is 9.97. The van der Waals surface area contributed by atoms with Gasteiger partial charge in [-0.05, 0) is 18.2 Å². The van der Waals surface area contributed by atoms with E-state index >= 15 is 0 Å². The molecule has 5 heteroatoms. The van der Waals surface area contributed by atoms with Crippen LogP contribution in [0.2, 0.25) is 5.02 Å². The molecule has 2 rings (SSSR count). The smallest absolute Gasteiger partial charge is 0.181 e. The number of halogens is 1. The first kappa shape index (κ1) is 8.90. The van der Waals surface area contributed by atoms with E-state index in [1.807, 2.05) is 0 Å². The highest BCUT2D eigenvalue weighted by atomic mass is 35.5. The minimum atomic E-state index is 0.511. The average Bonchev–Trinajstić information content (AvgIpc) is 2.23. The Labute approximate surface area is 85.8 Å². The number of anilines is 1. The predicted molar refractivity (Wildman–Crippen MR) is 54.7 cm³/mol. The van der Waals surface area contributed by atoms with E-state index < -0.39 is 0 Å². The molecule has 0 amide bonds. The highest BCUT2D eigenvalue weighted by Gasteiger charge is 2.02. The Kier molecular flexibility index (Phi) is 2.28. The molecule has 0 aliphatic rings. The van der Waals surface area contributed by atoms with Crippen molar-refractivity contribution < 1.29 is 0 Å². The van der Waals surface area contributed by atoms with Crippen molar-refractivity contribution >= 4 is 17.3 Å². The second-order valence-electron chi connectivity index (χ2n) is 2.70. The van der Waals surface area contributed by atoms with Crippen LogP contribution in [0.5, 0.6) is 0 Å². The van der Waals surface area contributed by atoms with Crippen molar-refractivity contribution in [3.05, 3.63) is 35.6 Å². The van der Waals surface area contributed by atoms with Crippen molar-refractivity contribution in [2.75, 3.05) is 5.73 Å². The first-order valence-corrected chi connectivity index (χ1v) is 4.34. The molecule has 0 aliphatic carbocycles. The Hall–Kier alpha value is -1.68. The molecule has 1 aromatic heterocycles. The van der Waals surface area contributed by atoms with Crippen molar-refractivity contribution in [3.63, 3.8) is 0 Å². The molecule has 1 aromatic carbocycles. The van der Waals surface area contributed by atoms with Crippen molar-refractivity contribution in [1.82, 2.24) is 15.2 Å². The summed E-state index contributed by atoms with van der Waals surface area (Å²) < 4.78 is 0. The average molecular weight is 207 g/mol. The first-order chi connectivity index (χ1) is 6.77. The van der Waals surface area contributed by atoms with Gasteiger partial charge >= 0.3 is 0 Å². The van der Waals surface area contributed by atoms with Crippen LogP contribution >= 0.6 is 11.6 Å². The molecule has 0 unspecified atom stereocenters. The van der Waals surface area contributed by atoms with Gasteiger partial charge in [0.25, 0.3) is 0 Å². The fourth-order valence-corrected chi connectivity index (χ4v) is 1.18. The van der Waals surface area contributed by atoms with E-state index in [0.717, 1.165) is 5.56 Å². The number of benzene rings is 1. The van der Waals surface area contributed by atoms with E-state index in [-0.39, 0.29) is 0 Å². The molecular weight excluding hydrogens is 200 g/mol. The highest BCUT2D eigenvalue weighted by molar-refractivity contribution is 6.33. The molecular formula is C9H7ClN4. The van der Waals surface area contributed by atoms with Crippen molar-refractivity contribution in [3.8, 4) is 11.4 Å². The second kappa shape index (κ2) is 3.59. The summed E-state index contributed by atoms with van der Waals surface area (Å²) in [5, 5.41) is 8.11. The van der Waals surface area contributed by atoms with E-state index in [1.54, 1.807) is 24.4 Å². The summed E-state index contributed by atoms with van der Waals surface area (Å²) >= 11 is 5.79. The normalized spacial score (nSPS) is 10.1. The number of nitrogens with two attached hydrogens (primary N) is 1. The molecule has 0 radical (unpaired) electrons. The largest absolute Gasteiger partial charge is 0.398 e. The zero-order valence-corrected chi connectivity index (χ0v) is 7.94. The minimum absolute atomic E-state index is 0.511. The third-order valence-corrected chi connectivity index (χ3v) is 2.08. The van der Waals surface area contributed by atoms with E-state index in [0.29, 0.717) is 16.5 Å². The molecule has 2 aromatic rings. The lowest BCUT2D eigenvalue weighted by Gasteiger charge is -2.01. The van der Waals surface area contributed by atoms with E-state index in [4.69, 9.17) is 17.3 Å². The molecule has 0 spiro atoms. The zero-order valence-electron chi connectivity index (χ0n) is 7.18. The molecule has 2 N–H and O–H groups in total. The summed E-state index contributed by atoms with van der Waals surface area (Å²) in [4.78, 5) is 4.05. The monoisotopic (exact) mass is 206 g/mol. The third kappa shape index (κ3) is 1.65. The van der Waals surface area contributed by atoms with Gasteiger partial charge in [-0.15, -0.1) is 5.10 Å². The van der Waals surface area contributed by atoms with Crippen molar-refractivity contribution in [2.24, 2.45) is 0 Å². The fourth-order valence-electron chi connectivity index (χ4n) is 1.06. The number of hydrogen-bond acceptors (Lipinski definition) is 4. The molecule has 0 atom stereocenters. The summed E-state index contributed by atoms with van der Waals surface area (Å²) in [7, 11) is 0. The van der Waals surface area contributed by atoms with Gasteiger partial charge in [0.05, 0.1) is 16.9 Å². The standard InChI is InChI=1S/C9H7ClN4/c10-7-2-1-6(5-8(7)11)9-12-3-4-13-14-9/h1-5H,11H2. The van der Waals surface area contributed by atoms with Crippen LogP contribution in [-0.4, -0.2) is 15.2 Å². The summed E-state index contributed by atoms with van der Waals surface area (Å²) in [6, 6.07) is 5.23. The number of rotatable bonds is 1. The molecule has 0 aliphatic heterocycles. The van der Waals surface area contributed by atoms with Gasteiger partial charge in [-0.2, -0.15) is 5.10 Å². The maximum absolute atomic E-state index is 5.79. The molecule has 0 fully saturated rings. The van der Waals surface area contributed by atoms with Gasteiger partial charge in [0.2, 0.25) is 0 Å². The van der Waals surface area contributed by atoms with Gasteiger partial charge in [-0.3, -0.25) is 0 Å². The quantitative estimate of drug-likeness (QED) is 0.723. The number of nitrogens with zero attached hydrogens (tertiary/aromatic N) is 3. The Bertz CT molecular complexity index is 444. The van der Waals surface area contributed by atoms with Crippen LogP contribution in [0.1, 0.15) is 0 Å². The van der Waals surface area contributed by atoms with E-state index in [9.17, 15) is 0 Å². The maximum atomic E-state index is 5.79. The second-order valence-corrected chi connectivity index (χ2v) is 3.11. The lowest BCUT2D eigenvalue weighted by molar-refractivity contribution is 0.980. The Morgan fingerprint density at radius 3 is 2.71 bits per heavy atom. The van der Waals surface area contributed by atoms with E-state index in [1.165, 1.54) is 6.20 Å². The van der Waals surface area contributed by atoms with Gasteiger partial charge in [0.15, 0.2) is 5.82 Å². The van der Waals surface area contributed by atoms with Crippen LogP contribution in [0, 0.1) is 0 Å². The van der Waals surface area contributed by atoms with Crippen LogP contribution < -0.4 is 5.73 Å². The fraction of sp³-hybridized carbons (Fsp3) is 0. The minimum Gasteiger partial charge on any atom is -0.398 e. The van der Waals surface area contributed by atoms with Gasteiger partial charge in [0, 0.05) is 11.8 Å². The van der Waals surface area contributed by atoms with Crippen LogP contribution in [0.4, 0.5) is 5.69 Å². The summed E-state index contributed by atoms with van der Waals surface area (Å²) in [5.41, 5.74) is 6.97.